The zero-order valence-electron chi connectivity index (χ0n) is 15.7. The summed E-state index contributed by atoms with van der Waals surface area (Å²) in [5.41, 5.74) is 5.20. The minimum absolute atomic E-state index is 0.198. The zero-order chi connectivity index (χ0) is 19.2. The zero-order valence-corrected chi connectivity index (χ0v) is 15.7. The van der Waals surface area contributed by atoms with Gasteiger partial charge >= 0.3 is 0 Å². The van der Waals surface area contributed by atoms with E-state index >= 15 is 0 Å². The molecule has 0 aliphatic rings. The van der Waals surface area contributed by atoms with Gasteiger partial charge in [0.1, 0.15) is 11.8 Å². The van der Waals surface area contributed by atoms with Gasteiger partial charge in [0.05, 0.1) is 12.8 Å². The third kappa shape index (κ3) is 4.44. The van der Waals surface area contributed by atoms with Crippen LogP contribution in [0, 0.1) is 0 Å². The minimum Gasteiger partial charge on any atom is -0.497 e. The van der Waals surface area contributed by atoms with Crippen LogP contribution in [-0.4, -0.2) is 24.8 Å². The Labute approximate surface area is 159 Å². The number of hydrazone groups is 1. The van der Waals surface area contributed by atoms with E-state index in [0.29, 0.717) is 0 Å². The van der Waals surface area contributed by atoms with Crippen molar-refractivity contribution < 1.29 is 9.53 Å². The van der Waals surface area contributed by atoms with Gasteiger partial charge in [0.2, 0.25) is 0 Å². The molecule has 2 N–H and O–H groups in total. The van der Waals surface area contributed by atoms with Crippen LogP contribution in [-0.2, 0) is 4.79 Å². The molecule has 0 aromatic heterocycles. The highest BCUT2D eigenvalue weighted by molar-refractivity contribution is 6.00. The Morgan fingerprint density at radius 2 is 1.70 bits per heavy atom. The van der Waals surface area contributed by atoms with E-state index in [0.717, 1.165) is 33.5 Å². The number of nitrogens with zero attached hydrogens (tertiary/aromatic N) is 1. The molecule has 3 rings (SSSR count). The molecule has 1 amide bonds. The number of rotatable bonds is 6. The molecule has 0 fully saturated rings. The van der Waals surface area contributed by atoms with Crippen molar-refractivity contribution in [3.05, 3.63) is 72.3 Å². The van der Waals surface area contributed by atoms with E-state index in [1.165, 1.54) is 0 Å². The molecule has 138 valence electrons. The maximum Gasteiger partial charge on any atom is 0.262 e. The van der Waals surface area contributed by atoms with Crippen LogP contribution in [0.15, 0.2) is 71.8 Å². The summed E-state index contributed by atoms with van der Waals surface area (Å²) in [4.78, 5) is 12.4. The number of hydrogen-bond donors (Lipinski definition) is 2. The number of nitrogens with one attached hydrogen (secondary N) is 2. The molecule has 5 nitrogen and oxygen atoms in total. The molecule has 0 radical (unpaired) electrons. The van der Waals surface area contributed by atoms with Crippen LogP contribution in [0.25, 0.3) is 10.8 Å². The fourth-order valence-electron chi connectivity index (χ4n) is 2.78. The van der Waals surface area contributed by atoms with Crippen molar-refractivity contribution in [2.75, 3.05) is 12.4 Å². The normalized spacial score (nSPS) is 12.5. The molecule has 5 heteroatoms. The molecule has 0 aliphatic carbocycles. The number of benzene rings is 3. The average molecular weight is 361 g/mol. The first-order valence-corrected chi connectivity index (χ1v) is 8.81. The Kier molecular flexibility index (Phi) is 5.71. The second-order valence-corrected chi connectivity index (χ2v) is 6.29. The summed E-state index contributed by atoms with van der Waals surface area (Å²) >= 11 is 0. The number of fused-ring (bicyclic) bond motifs is 1. The lowest BCUT2D eigenvalue weighted by Gasteiger charge is -2.15. The van der Waals surface area contributed by atoms with Crippen molar-refractivity contribution in [2.24, 2.45) is 5.10 Å². The van der Waals surface area contributed by atoms with Gasteiger partial charge in [-0.15, -0.1) is 0 Å². The predicted molar refractivity (Wildman–Crippen MR) is 110 cm³/mol. The summed E-state index contributed by atoms with van der Waals surface area (Å²) in [7, 11) is 1.63. The van der Waals surface area contributed by atoms with Gasteiger partial charge in [-0.25, -0.2) is 5.43 Å². The molecule has 0 aliphatic heterocycles. The van der Waals surface area contributed by atoms with Crippen LogP contribution in [0.3, 0.4) is 0 Å². The highest BCUT2D eigenvalue weighted by atomic mass is 16.5. The molecule has 0 saturated heterocycles. The van der Waals surface area contributed by atoms with Gasteiger partial charge in [-0.2, -0.15) is 5.10 Å². The van der Waals surface area contributed by atoms with Crippen LogP contribution >= 0.6 is 0 Å². The number of hydrogen-bond acceptors (Lipinski definition) is 4. The van der Waals surface area contributed by atoms with Crippen molar-refractivity contribution >= 4 is 28.1 Å². The van der Waals surface area contributed by atoms with E-state index < -0.39 is 6.04 Å². The van der Waals surface area contributed by atoms with Crippen molar-refractivity contribution in [3.63, 3.8) is 0 Å². The Hall–Kier alpha value is -3.34. The van der Waals surface area contributed by atoms with Gasteiger partial charge in [-0.05, 0) is 55.1 Å². The van der Waals surface area contributed by atoms with Gasteiger partial charge in [0.25, 0.3) is 5.91 Å². The smallest absolute Gasteiger partial charge is 0.262 e. The van der Waals surface area contributed by atoms with Crippen LogP contribution < -0.4 is 15.5 Å². The van der Waals surface area contributed by atoms with Crippen molar-refractivity contribution in [1.82, 2.24) is 5.43 Å². The lowest BCUT2D eigenvalue weighted by Crippen LogP contribution is -2.35. The Morgan fingerprint density at radius 1 is 1.00 bits per heavy atom. The van der Waals surface area contributed by atoms with E-state index in [2.05, 4.69) is 15.8 Å². The first-order valence-electron chi connectivity index (χ1n) is 8.81. The van der Waals surface area contributed by atoms with Gasteiger partial charge in [-0.1, -0.05) is 36.4 Å². The van der Waals surface area contributed by atoms with Crippen LogP contribution in [0.4, 0.5) is 5.69 Å². The van der Waals surface area contributed by atoms with E-state index in [1.54, 1.807) is 7.11 Å². The molecule has 0 saturated carbocycles. The number of carbonyl (C=O) groups is 1. The van der Waals surface area contributed by atoms with E-state index in [1.807, 2.05) is 80.6 Å². The quantitative estimate of drug-likeness (QED) is 0.511. The van der Waals surface area contributed by atoms with E-state index in [-0.39, 0.29) is 5.91 Å². The third-order valence-electron chi connectivity index (χ3n) is 4.40. The monoisotopic (exact) mass is 361 g/mol. The molecule has 0 spiro atoms. The van der Waals surface area contributed by atoms with Crippen molar-refractivity contribution in [3.8, 4) is 5.75 Å². The molecule has 0 unspecified atom stereocenters. The first kappa shape index (κ1) is 18.5. The fourth-order valence-corrected chi connectivity index (χ4v) is 2.78. The van der Waals surface area contributed by atoms with E-state index in [4.69, 9.17) is 4.74 Å². The van der Waals surface area contributed by atoms with Crippen LogP contribution in [0.2, 0.25) is 0 Å². The van der Waals surface area contributed by atoms with Gasteiger partial charge in [0.15, 0.2) is 0 Å². The Morgan fingerprint density at radius 3 is 2.44 bits per heavy atom. The maximum atomic E-state index is 12.4. The summed E-state index contributed by atoms with van der Waals surface area (Å²) in [6.45, 7) is 3.67. The van der Waals surface area contributed by atoms with Gasteiger partial charge in [-0.3, -0.25) is 4.79 Å². The molecule has 27 heavy (non-hydrogen) atoms. The van der Waals surface area contributed by atoms with Crippen molar-refractivity contribution in [2.45, 2.75) is 19.9 Å². The largest absolute Gasteiger partial charge is 0.497 e. The summed E-state index contributed by atoms with van der Waals surface area (Å²) in [6.07, 6.45) is 0. The third-order valence-corrected chi connectivity index (χ3v) is 4.40. The Balaban J connectivity index is 1.66. The van der Waals surface area contributed by atoms with Gasteiger partial charge < -0.3 is 10.1 Å². The fraction of sp³-hybridized carbons (Fsp3) is 0.182. The average Bonchev–Trinajstić information content (AvgIpc) is 2.72. The second kappa shape index (κ2) is 8.36. The van der Waals surface area contributed by atoms with E-state index in [9.17, 15) is 4.79 Å². The lowest BCUT2D eigenvalue weighted by atomic mass is 10.1. The van der Waals surface area contributed by atoms with Crippen LogP contribution in [0.5, 0.6) is 5.75 Å². The molecular formula is C22H23N3O2. The first-order chi connectivity index (χ1) is 13.1. The maximum absolute atomic E-state index is 12.4. The summed E-state index contributed by atoms with van der Waals surface area (Å²) in [5, 5.41) is 9.69. The number of carbonyl (C=O) groups excluding carboxylic acids is 1. The predicted octanol–water partition coefficient (Wildman–Crippen LogP) is 4.19. The Bertz CT molecular complexity index is 959. The number of methoxy groups -OCH3 is 1. The summed E-state index contributed by atoms with van der Waals surface area (Å²) < 4.78 is 5.15. The summed E-state index contributed by atoms with van der Waals surface area (Å²) in [6, 6.07) is 21.2. The molecular weight excluding hydrogens is 338 g/mol. The highest BCUT2D eigenvalue weighted by Gasteiger charge is 2.13. The molecule has 0 bridgehead atoms. The molecule has 3 aromatic carbocycles. The number of anilines is 1. The standard InChI is InChI=1S/C22H23N3O2/c1-15(17-11-13-19(27-3)14-12-17)24-25-22(26)16(2)23-21-10-6-8-18-7-4-5-9-20(18)21/h4-14,16,23H,1-3H3,(H,25,26)/t16-/m0/s1. The SMILES string of the molecule is COc1ccc(C(C)=NNC(=O)[C@H](C)Nc2cccc3ccccc23)cc1. The minimum atomic E-state index is -0.428. The number of amides is 1. The number of ether oxygens (including phenoxy) is 1. The summed E-state index contributed by atoms with van der Waals surface area (Å²) in [5.74, 6) is 0.583. The van der Waals surface area contributed by atoms with Crippen LogP contribution in [0.1, 0.15) is 19.4 Å². The highest BCUT2D eigenvalue weighted by Crippen LogP contribution is 2.23. The molecule has 0 heterocycles. The lowest BCUT2D eigenvalue weighted by molar-refractivity contribution is -0.121. The molecule has 3 aromatic rings. The van der Waals surface area contributed by atoms with Gasteiger partial charge in [0, 0.05) is 11.1 Å². The second-order valence-electron chi connectivity index (χ2n) is 6.29. The topological polar surface area (TPSA) is 62.7 Å². The van der Waals surface area contributed by atoms with Crippen molar-refractivity contribution in [1.29, 1.82) is 0 Å². The molecule has 1 atom stereocenters.